The van der Waals surface area contributed by atoms with Crippen LogP contribution in [0.2, 0.25) is 0 Å². The van der Waals surface area contributed by atoms with Gasteiger partial charge in [0.25, 0.3) is 0 Å². The van der Waals surface area contributed by atoms with Crippen LogP contribution < -0.4 is 4.74 Å². The van der Waals surface area contributed by atoms with Gasteiger partial charge < -0.3 is 9.47 Å². The quantitative estimate of drug-likeness (QED) is 0.573. The molecule has 1 heterocycles. The molecule has 0 aliphatic rings. The Kier molecular flexibility index (Phi) is 2.28. The standard InChI is InChI=1S/C6H10N2O2/c1-8-4-3-6(7-8)10-5-9-2/h3-4H,5H2,1-2H3. The van der Waals surface area contributed by atoms with Crippen molar-refractivity contribution >= 4 is 0 Å². The van der Waals surface area contributed by atoms with Crippen LogP contribution in [0.25, 0.3) is 0 Å². The van der Waals surface area contributed by atoms with E-state index in [2.05, 4.69) is 9.84 Å². The molecule has 0 spiro atoms. The highest BCUT2D eigenvalue weighted by molar-refractivity contribution is 5.04. The van der Waals surface area contributed by atoms with Crippen molar-refractivity contribution in [2.45, 2.75) is 0 Å². The van der Waals surface area contributed by atoms with Gasteiger partial charge in [-0.3, -0.25) is 4.68 Å². The van der Waals surface area contributed by atoms with E-state index in [0.29, 0.717) is 5.88 Å². The summed E-state index contributed by atoms with van der Waals surface area (Å²) in [4.78, 5) is 0. The highest BCUT2D eigenvalue weighted by Gasteiger charge is 1.93. The third-order valence-corrected chi connectivity index (χ3v) is 1.01. The minimum absolute atomic E-state index is 0.247. The van der Waals surface area contributed by atoms with Crippen molar-refractivity contribution in [2.24, 2.45) is 7.05 Å². The van der Waals surface area contributed by atoms with Crippen LogP contribution in [-0.4, -0.2) is 23.7 Å². The molecule has 0 atom stereocenters. The molecular weight excluding hydrogens is 132 g/mol. The molecule has 0 bridgehead atoms. The number of aromatic nitrogens is 2. The molecule has 0 amide bonds. The van der Waals surface area contributed by atoms with Crippen LogP contribution in [-0.2, 0) is 11.8 Å². The number of nitrogens with zero attached hydrogens (tertiary/aromatic N) is 2. The molecule has 10 heavy (non-hydrogen) atoms. The molecule has 1 aromatic rings. The summed E-state index contributed by atoms with van der Waals surface area (Å²) in [5, 5.41) is 3.96. The monoisotopic (exact) mass is 142 g/mol. The zero-order valence-electron chi connectivity index (χ0n) is 6.07. The lowest BCUT2D eigenvalue weighted by atomic mass is 10.7. The van der Waals surface area contributed by atoms with E-state index >= 15 is 0 Å². The number of methoxy groups -OCH3 is 1. The van der Waals surface area contributed by atoms with Gasteiger partial charge in [0.15, 0.2) is 6.79 Å². The molecule has 0 radical (unpaired) electrons. The van der Waals surface area contributed by atoms with E-state index in [4.69, 9.17) is 4.74 Å². The summed E-state index contributed by atoms with van der Waals surface area (Å²) < 4.78 is 11.4. The van der Waals surface area contributed by atoms with Crippen LogP contribution in [0.15, 0.2) is 12.3 Å². The molecule has 0 saturated carbocycles. The Bertz CT molecular complexity index is 197. The summed E-state index contributed by atoms with van der Waals surface area (Å²) in [5.41, 5.74) is 0. The summed E-state index contributed by atoms with van der Waals surface area (Å²) in [6, 6.07) is 1.78. The topological polar surface area (TPSA) is 36.3 Å². The van der Waals surface area contributed by atoms with Crippen LogP contribution in [0, 0.1) is 0 Å². The van der Waals surface area contributed by atoms with Gasteiger partial charge >= 0.3 is 0 Å². The second-order valence-electron chi connectivity index (χ2n) is 1.88. The van der Waals surface area contributed by atoms with Gasteiger partial charge in [-0.15, -0.1) is 5.10 Å². The van der Waals surface area contributed by atoms with Gasteiger partial charge in [0.1, 0.15) is 0 Å². The molecule has 4 nitrogen and oxygen atoms in total. The van der Waals surface area contributed by atoms with Crippen LogP contribution in [0.1, 0.15) is 0 Å². The first-order chi connectivity index (χ1) is 4.83. The van der Waals surface area contributed by atoms with Crippen LogP contribution in [0.3, 0.4) is 0 Å². The third-order valence-electron chi connectivity index (χ3n) is 1.01. The van der Waals surface area contributed by atoms with E-state index in [1.165, 1.54) is 0 Å². The highest BCUT2D eigenvalue weighted by Crippen LogP contribution is 2.02. The SMILES string of the molecule is COCOc1ccn(C)n1. The van der Waals surface area contributed by atoms with Crippen molar-refractivity contribution < 1.29 is 9.47 Å². The normalized spacial score (nSPS) is 9.80. The first kappa shape index (κ1) is 7.08. The maximum Gasteiger partial charge on any atom is 0.234 e. The average molecular weight is 142 g/mol. The van der Waals surface area contributed by atoms with Gasteiger partial charge in [0.05, 0.1) is 0 Å². The Hall–Kier alpha value is -1.03. The van der Waals surface area contributed by atoms with E-state index < -0.39 is 0 Å². The highest BCUT2D eigenvalue weighted by atomic mass is 16.7. The number of hydrogen-bond acceptors (Lipinski definition) is 3. The van der Waals surface area contributed by atoms with Gasteiger partial charge in [0, 0.05) is 26.4 Å². The van der Waals surface area contributed by atoms with E-state index in [1.807, 2.05) is 13.2 Å². The van der Waals surface area contributed by atoms with Crippen molar-refractivity contribution in [3.05, 3.63) is 12.3 Å². The van der Waals surface area contributed by atoms with Crippen molar-refractivity contribution in [1.29, 1.82) is 0 Å². The smallest absolute Gasteiger partial charge is 0.234 e. The molecule has 0 aliphatic heterocycles. The zero-order chi connectivity index (χ0) is 7.40. The molecule has 1 rings (SSSR count). The van der Waals surface area contributed by atoms with E-state index in [9.17, 15) is 0 Å². The van der Waals surface area contributed by atoms with E-state index in [-0.39, 0.29) is 6.79 Å². The number of ether oxygens (including phenoxy) is 2. The van der Waals surface area contributed by atoms with E-state index in [0.717, 1.165) is 0 Å². The summed E-state index contributed by atoms with van der Waals surface area (Å²) in [7, 11) is 3.41. The fraction of sp³-hybridized carbons (Fsp3) is 0.500. The zero-order valence-corrected chi connectivity index (χ0v) is 6.07. The van der Waals surface area contributed by atoms with Crippen LogP contribution in [0.4, 0.5) is 0 Å². The summed E-state index contributed by atoms with van der Waals surface area (Å²) in [6.45, 7) is 0.247. The van der Waals surface area contributed by atoms with E-state index in [1.54, 1.807) is 17.9 Å². The Labute approximate surface area is 59.4 Å². The molecule has 0 unspecified atom stereocenters. The first-order valence-electron chi connectivity index (χ1n) is 2.94. The van der Waals surface area contributed by atoms with Crippen LogP contribution >= 0.6 is 0 Å². The van der Waals surface area contributed by atoms with Gasteiger partial charge in [0.2, 0.25) is 5.88 Å². The minimum atomic E-state index is 0.247. The van der Waals surface area contributed by atoms with Gasteiger partial charge in [-0.05, 0) is 0 Å². The molecule has 0 fully saturated rings. The first-order valence-corrected chi connectivity index (χ1v) is 2.94. The van der Waals surface area contributed by atoms with Gasteiger partial charge in [-0.1, -0.05) is 0 Å². The maximum atomic E-state index is 5.02. The fourth-order valence-electron chi connectivity index (χ4n) is 0.590. The lowest BCUT2D eigenvalue weighted by Crippen LogP contribution is -1.99. The molecule has 1 aromatic heterocycles. The fourth-order valence-corrected chi connectivity index (χ4v) is 0.590. The molecule has 0 saturated heterocycles. The molecule has 0 aliphatic carbocycles. The Morgan fingerprint density at radius 1 is 1.70 bits per heavy atom. The molecular formula is C6H10N2O2. The van der Waals surface area contributed by atoms with Crippen LogP contribution in [0.5, 0.6) is 5.88 Å². The van der Waals surface area contributed by atoms with Crippen molar-refractivity contribution in [3.63, 3.8) is 0 Å². The predicted molar refractivity (Wildman–Crippen MR) is 35.7 cm³/mol. The number of aryl methyl sites for hydroxylation is 1. The summed E-state index contributed by atoms with van der Waals surface area (Å²) in [6.07, 6.45) is 1.81. The second-order valence-corrected chi connectivity index (χ2v) is 1.88. The maximum absolute atomic E-state index is 5.02. The van der Waals surface area contributed by atoms with Gasteiger partial charge in [-0.2, -0.15) is 0 Å². The molecule has 0 aromatic carbocycles. The lowest BCUT2D eigenvalue weighted by molar-refractivity contribution is 0.0474. The predicted octanol–water partition coefficient (Wildman–Crippen LogP) is 0.403. The second kappa shape index (κ2) is 3.22. The molecule has 56 valence electrons. The largest absolute Gasteiger partial charge is 0.449 e. The Balaban J connectivity index is 2.42. The van der Waals surface area contributed by atoms with Crippen molar-refractivity contribution in [2.75, 3.05) is 13.9 Å². The molecule has 4 heteroatoms. The number of hydrogen-bond donors (Lipinski definition) is 0. The minimum Gasteiger partial charge on any atom is -0.449 e. The Morgan fingerprint density at radius 3 is 3.00 bits per heavy atom. The number of rotatable bonds is 3. The lowest BCUT2D eigenvalue weighted by Gasteiger charge is -1.97. The Morgan fingerprint density at radius 2 is 2.50 bits per heavy atom. The average Bonchev–Trinajstić information content (AvgIpc) is 2.31. The molecule has 0 N–H and O–H groups in total. The summed E-state index contributed by atoms with van der Waals surface area (Å²) in [5.74, 6) is 0.587. The van der Waals surface area contributed by atoms with Gasteiger partial charge in [-0.25, -0.2) is 0 Å². The van der Waals surface area contributed by atoms with Crippen molar-refractivity contribution in [3.8, 4) is 5.88 Å². The third kappa shape index (κ3) is 1.73. The summed E-state index contributed by atoms with van der Waals surface area (Å²) >= 11 is 0. The van der Waals surface area contributed by atoms with Crippen molar-refractivity contribution in [1.82, 2.24) is 9.78 Å².